The average molecular weight is 877 g/mol. The number of aromatic nitrogens is 4. The van der Waals surface area contributed by atoms with E-state index in [-0.39, 0.29) is 0 Å². The molecular formula is C56H60N8O2. The smallest absolute Gasteiger partial charge is 0.141 e. The fraction of sp³-hybridized carbons (Fsp3) is 0.286. The number of piperazine rings is 2. The lowest BCUT2D eigenvalue weighted by Gasteiger charge is -2.36. The zero-order valence-electron chi connectivity index (χ0n) is 37.9. The molecule has 0 N–H and O–H groups in total. The van der Waals surface area contributed by atoms with Crippen LogP contribution in [-0.4, -0.2) is 108 Å². The minimum absolute atomic E-state index is 0.686. The molecule has 8 aromatic rings. The largest absolute Gasteiger partial charge is 0.494 e. The highest BCUT2D eigenvalue weighted by molar-refractivity contribution is 5.82. The van der Waals surface area contributed by atoms with Crippen molar-refractivity contribution in [3.8, 4) is 34.3 Å². The molecular weight excluding hydrogens is 817 g/mol. The van der Waals surface area contributed by atoms with Gasteiger partial charge >= 0.3 is 0 Å². The molecule has 0 unspecified atom stereocenters. The number of ether oxygens (including phenoxy) is 2. The van der Waals surface area contributed by atoms with Crippen molar-refractivity contribution in [1.29, 1.82) is 0 Å². The molecule has 0 aliphatic carbocycles. The van der Waals surface area contributed by atoms with Gasteiger partial charge in [0.05, 0.1) is 35.3 Å². The van der Waals surface area contributed by atoms with Gasteiger partial charge in [-0.05, 0) is 110 Å². The number of para-hydroxylation sites is 6. The Morgan fingerprint density at radius 1 is 0.409 bits per heavy atom. The van der Waals surface area contributed by atoms with Gasteiger partial charge in [0, 0.05) is 101 Å². The quantitative estimate of drug-likeness (QED) is 0.0624. The van der Waals surface area contributed by atoms with Gasteiger partial charge in [-0.15, -0.1) is 0 Å². The Labute approximate surface area is 388 Å². The second-order valence-corrected chi connectivity index (χ2v) is 17.3. The number of rotatable bonds is 18. The van der Waals surface area contributed by atoms with E-state index in [9.17, 15) is 0 Å². The van der Waals surface area contributed by atoms with Crippen LogP contribution in [0, 0.1) is 0 Å². The summed E-state index contributed by atoms with van der Waals surface area (Å²) in [6, 6.07) is 55.1. The fourth-order valence-electron chi connectivity index (χ4n) is 9.42. The maximum absolute atomic E-state index is 6.22. The van der Waals surface area contributed by atoms with Crippen LogP contribution in [0.4, 0.5) is 11.4 Å². The van der Waals surface area contributed by atoms with Crippen LogP contribution in [0.2, 0.25) is 0 Å². The van der Waals surface area contributed by atoms with Gasteiger partial charge in [0.2, 0.25) is 0 Å². The van der Waals surface area contributed by atoms with E-state index in [0.29, 0.717) is 26.3 Å². The van der Waals surface area contributed by atoms with Crippen molar-refractivity contribution in [2.45, 2.75) is 25.9 Å². The molecule has 6 aromatic carbocycles. The molecule has 0 bridgehead atoms. The van der Waals surface area contributed by atoms with Crippen molar-refractivity contribution >= 4 is 33.4 Å². The van der Waals surface area contributed by atoms with E-state index in [2.05, 4.69) is 199 Å². The molecule has 2 aromatic heterocycles. The summed E-state index contributed by atoms with van der Waals surface area (Å²) in [5.41, 5.74) is 8.96. The topological polar surface area (TPSA) is 67.1 Å². The minimum atomic E-state index is 0.686. The van der Waals surface area contributed by atoms with Crippen molar-refractivity contribution in [2.75, 3.05) is 88.5 Å². The van der Waals surface area contributed by atoms with Gasteiger partial charge in [0.25, 0.3) is 0 Å². The highest BCUT2D eigenvalue weighted by atomic mass is 16.5. The number of benzene rings is 6. The Balaban J connectivity index is 0.729. The maximum Gasteiger partial charge on any atom is 0.141 e. The first-order valence-corrected chi connectivity index (χ1v) is 23.8. The van der Waals surface area contributed by atoms with Gasteiger partial charge in [-0.2, -0.15) is 0 Å². The highest BCUT2D eigenvalue weighted by Crippen LogP contribution is 2.29. The van der Waals surface area contributed by atoms with Gasteiger partial charge < -0.3 is 28.4 Å². The van der Waals surface area contributed by atoms with Crippen molar-refractivity contribution in [3.05, 3.63) is 170 Å². The summed E-state index contributed by atoms with van der Waals surface area (Å²) in [6.45, 7) is 13.5. The molecule has 0 amide bonds. The number of hydrogen-bond donors (Lipinski definition) is 0. The molecule has 2 saturated heterocycles. The number of imidazole rings is 2. The summed E-state index contributed by atoms with van der Waals surface area (Å²) in [7, 11) is 0. The molecule has 0 saturated carbocycles. The lowest BCUT2D eigenvalue weighted by molar-refractivity contribution is 0.224. The first kappa shape index (κ1) is 43.0. The molecule has 2 aliphatic rings. The van der Waals surface area contributed by atoms with E-state index in [0.717, 1.165) is 135 Å². The molecule has 0 atom stereocenters. The summed E-state index contributed by atoms with van der Waals surface area (Å²) < 4.78 is 17.0. The van der Waals surface area contributed by atoms with Crippen LogP contribution in [-0.2, 0) is 13.1 Å². The highest BCUT2D eigenvalue weighted by Gasteiger charge is 2.19. The van der Waals surface area contributed by atoms with Gasteiger partial charge in [-0.25, -0.2) is 9.97 Å². The van der Waals surface area contributed by atoms with Gasteiger partial charge in [-0.1, -0.05) is 72.8 Å². The van der Waals surface area contributed by atoms with Crippen molar-refractivity contribution < 1.29 is 9.47 Å². The third-order valence-electron chi connectivity index (χ3n) is 13.0. The van der Waals surface area contributed by atoms with Crippen LogP contribution in [0.3, 0.4) is 0 Å². The van der Waals surface area contributed by atoms with Gasteiger partial charge in [0.1, 0.15) is 23.1 Å². The van der Waals surface area contributed by atoms with E-state index in [1.807, 2.05) is 0 Å². The Hall–Kier alpha value is -6.88. The summed E-state index contributed by atoms with van der Waals surface area (Å²) in [5.74, 6) is 3.67. The number of allylic oxidation sites excluding steroid dienone is 2. The van der Waals surface area contributed by atoms with Crippen LogP contribution in [0.15, 0.2) is 170 Å². The summed E-state index contributed by atoms with van der Waals surface area (Å²) in [5, 5.41) is 0. The first-order chi connectivity index (χ1) is 32.7. The summed E-state index contributed by atoms with van der Waals surface area (Å²) >= 11 is 0. The third-order valence-corrected chi connectivity index (χ3v) is 13.0. The lowest BCUT2D eigenvalue weighted by atomic mass is 10.2. The maximum atomic E-state index is 6.22. The second kappa shape index (κ2) is 21.0. The van der Waals surface area contributed by atoms with Gasteiger partial charge in [-0.3, -0.25) is 9.80 Å². The Morgan fingerprint density at radius 3 is 1.20 bits per heavy atom. The van der Waals surface area contributed by atoms with Crippen LogP contribution in [0.25, 0.3) is 44.8 Å². The lowest BCUT2D eigenvalue weighted by Crippen LogP contribution is -2.46. The summed E-state index contributed by atoms with van der Waals surface area (Å²) in [6.07, 6.45) is 6.50. The van der Waals surface area contributed by atoms with Crippen molar-refractivity contribution in [1.82, 2.24) is 28.9 Å². The SMILES string of the molecule is C(=C\Cn1c(-c2ccc(OCCCN3CCN(c4ccccc4)CC3)cc2)nc2ccccc21)/Cn1c(-c2ccc(OCCCN3CCN(c4ccccc4)CC3)cc2)nc2ccccc21. The molecule has 10 rings (SSSR count). The standard InChI is InChI=1S/C56H60N8O2/c1-3-15-47(16-4-1)61-39-35-59(36-40-61)31-13-43-65-49-27-23-45(24-28-49)55-57-51-19-7-9-21-53(51)63(55)33-11-12-34-64-54-22-10-8-20-52(54)58-56(64)46-25-29-50(30-26-46)66-44-14-32-60-37-41-62(42-38-60)48-17-5-2-6-18-48/h1-12,15-30H,13-14,31-44H2/b12-11+. The molecule has 66 heavy (non-hydrogen) atoms. The summed E-state index contributed by atoms with van der Waals surface area (Å²) in [4.78, 5) is 20.3. The van der Waals surface area contributed by atoms with E-state index in [4.69, 9.17) is 19.4 Å². The van der Waals surface area contributed by atoms with Crippen LogP contribution >= 0.6 is 0 Å². The minimum Gasteiger partial charge on any atom is -0.494 e. The van der Waals surface area contributed by atoms with Crippen LogP contribution in [0.1, 0.15) is 12.8 Å². The molecule has 4 heterocycles. The number of nitrogens with zero attached hydrogens (tertiary/aromatic N) is 8. The molecule has 336 valence electrons. The Bertz CT molecular complexity index is 2590. The number of hydrogen-bond acceptors (Lipinski definition) is 8. The van der Waals surface area contributed by atoms with Crippen molar-refractivity contribution in [2.24, 2.45) is 0 Å². The van der Waals surface area contributed by atoms with Crippen molar-refractivity contribution in [3.63, 3.8) is 0 Å². The number of fused-ring (bicyclic) bond motifs is 2. The van der Waals surface area contributed by atoms with E-state index >= 15 is 0 Å². The normalized spacial score (nSPS) is 15.0. The van der Waals surface area contributed by atoms with E-state index in [1.54, 1.807) is 0 Å². The second-order valence-electron chi connectivity index (χ2n) is 17.3. The predicted octanol–water partition coefficient (Wildman–Crippen LogP) is 10.2. The van der Waals surface area contributed by atoms with Gasteiger partial charge in [0.15, 0.2) is 0 Å². The van der Waals surface area contributed by atoms with Crippen LogP contribution in [0.5, 0.6) is 11.5 Å². The van der Waals surface area contributed by atoms with E-state index < -0.39 is 0 Å². The third kappa shape index (κ3) is 10.3. The average Bonchev–Trinajstić information content (AvgIpc) is 3.95. The number of anilines is 2. The monoisotopic (exact) mass is 876 g/mol. The molecule has 0 spiro atoms. The molecule has 0 radical (unpaired) electrons. The zero-order chi connectivity index (χ0) is 44.3. The Morgan fingerprint density at radius 2 is 0.788 bits per heavy atom. The molecule has 2 aliphatic heterocycles. The molecule has 10 heteroatoms. The fourth-order valence-corrected chi connectivity index (χ4v) is 9.42. The molecule has 10 nitrogen and oxygen atoms in total. The molecule has 2 fully saturated rings. The first-order valence-electron chi connectivity index (χ1n) is 23.8. The zero-order valence-corrected chi connectivity index (χ0v) is 37.9. The predicted molar refractivity (Wildman–Crippen MR) is 270 cm³/mol. The van der Waals surface area contributed by atoms with Crippen LogP contribution < -0.4 is 19.3 Å². The Kier molecular flexibility index (Phi) is 13.7. The van der Waals surface area contributed by atoms with E-state index in [1.165, 1.54) is 11.4 Å².